The summed E-state index contributed by atoms with van der Waals surface area (Å²) in [6, 6.07) is 5.82. The number of thiophene rings is 1. The molecule has 3 heterocycles. The maximum absolute atomic E-state index is 5.89. The maximum atomic E-state index is 5.89. The number of nitrogens with one attached hydrogen (secondary N) is 2. The Balaban J connectivity index is 1.99. The van der Waals surface area contributed by atoms with Gasteiger partial charge in [-0.3, -0.25) is 5.10 Å². The molecule has 0 aliphatic carbocycles. The molecule has 0 radical (unpaired) electrons. The summed E-state index contributed by atoms with van der Waals surface area (Å²) < 4.78 is 6.34. The topological polar surface area (TPSA) is 88.8 Å². The molecule has 0 bridgehead atoms. The number of nitrogens with two attached hydrogens (primary N) is 1. The van der Waals surface area contributed by atoms with Crippen molar-refractivity contribution in [3.63, 3.8) is 0 Å². The SMILES string of the molecule is CO[C@H](C)CNc1cc(N)nc2cc(-c3ccn[nH]3)sc12. The van der Waals surface area contributed by atoms with E-state index in [2.05, 4.69) is 20.5 Å². The van der Waals surface area contributed by atoms with Gasteiger partial charge in [0.25, 0.3) is 0 Å². The minimum absolute atomic E-state index is 0.126. The second-order valence-electron chi connectivity index (χ2n) is 4.82. The van der Waals surface area contributed by atoms with Crippen molar-refractivity contribution in [2.75, 3.05) is 24.7 Å². The van der Waals surface area contributed by atoms with Crippen LogP contribution in [0.3, 0.4) is 0 Å². The van der Waals surface area contributed by atoms with E-state index in [1.165, 1.54) is 0 Å². The van der Waals surface area contributed by atoms with Crippen molar-refractivity contribution in [3.8, 4) is 10.6 Å². The Hall–Kier alpha value is -2.12. The number of pyridine rings is 1. The van der Waals surface area contributed by atoms with Crippen molar-refractivity contribution >= 4 is 33.1 Å². The van der Waals surface area contributed by atoms with Gasteiger partial charge in [-0.25, -0.2) is 4.98 Å². The lowest BCUT2D eigenvalue weighted by molar-refractivity contribution is 0.129. The number of anilines is 2. The van der Waals surface area contributed by atoms with Crippen molar-refractivity contribution in [1.29, 1.82) is 0 Å². The van der Waals surface area contributed by atoms with Crippen LogP contribution in [-0.2, 0) is 4.74 Å². The highest BCUT2D eigenvalue weighted by Gasteiger charge is 2.12. The van der Waals surface area contributed by atoms with E-state index in [0.29, 0.717) is 12.4 Å². The molecule has 110 valence electrons. The summed E-state index contributed by atoms with van der Waals surface area (Å²) in [4.78, 5) is 5.48. The first kappa shape index (κ1) is 13.8. The highest BCUT2D eigenvalue weighted by atomic mass is 32.1. The van der Waals surface area contributed by atoms with E-state index >= 15 is 0 Å². The minimum atomic E-state index is 0.126. The normalized spacial score (nSPS) is 12.7. The van der Waals surface area contributed by atoms with Crippen LogP contribution in [0.5, 0.6) is 0 Å². The third-order valence-electron chi connectivity index (χ3n) is 3.25. The second kappa shape index (κ2) is 5.71. The van der Waals surface area contributed by atoms with Crippen LogP contribution in [0.2, 0.25) is 0 Å². The second-order valence-corrected chi connectivity index (χ2v) is 5.87. The van der Waals surface area contributed by atoms with E-state index in [0.717, 1.165) is 26.5 Å². The Morgan fingerprint density at radius 2 is 2.33 bits per heavy atom. The van der Waals surface area contributed by atoms with Crippen LogP contribution in [0.4, 0.5) is 11.5 Å². The number of rotatable bonds is 5. The molecule has 7 heteroatoms. The Bertz CT molecular complexity index is 737. The number of H-pyrrole nitrogens is 1. The first-order valence-electron chi connectivity index (χ1n) is 6.64. The van der Waals surface area contributed by atoms with E-state index in [-0.39, 0.29) is 6.10 Å². The summed E-state index contributed by atoms with van der Waals surface area (Å²) in [5.41, 5.74) is 8.74. The zero-order chi connectivity index (χ0) is 14.8. The number of aromatic nitrogens is 3. The Morgan fingerprint density at radius 1 is 1.48 bits per heavy atom. The van der Waals surface area contributed by atoms with E-state index in [4.69, 9.17) is 10.5 Å². The molecule has 0 aromatic carbocycles. The molecular formula is C14H17N5OS. The van der Waals surface area contributed by atoms with Crippen molar-refractivity contribution in [2.24, 2.45) is 0 Å². The molecule has 0 amide bonds. The fraction of sp³-hybridized carbons (Fsp3) is 0.286. The van der Waals surface area contributed by atoms with Crippen LogP contribution in [0.15, 0.2) is 24.4 Å². The lowest BCUT2D eigenvalue weighted by Crippen LogP contribution is -2.18. The van der Waals surface area contributed by atoms with Gasteiger partial charge in [-0.15, -0.1) is 11.3 Å². The average molecular weight is 303 g/mol. The Labute approximate surface area is 126 Å². The number of fused-ring (bicyclic) bond motifs is 1. The average Bonchev–Trinajstić information content (AvgIpc) is 3.12. The zero-order valence-corrected chi connectivity index (χ0v) is 12.7. The van der Waals surface area contributed by atoms with E-state index < -0.39 is 0 Å². The summed E-state index contributed by atoms with van der Waals surface area (Å²) in [7, 11) is 1.70. The molecule has 0 aliphatic heterocycles. The summed E-state index contributed by atoms with van der Waals surface area (Å²) >= 11 is 1.66. The van der Waals surface area contributed by atoms with Gasteiger partial charge in [0, 0.05) is 25.9 Å². The molecule has 0 spiro atoms. The molecule has 0 saturated heterocycles. The van der Waals surface area contributed by atoms with Gasteiger partial charge in [-0.05, 0) is 19.1 Å². The van der Waals surface area contributed by atoms with Gasteiger partial charge in [0.05, 0.1) is 32.6 Å². The number of methoxy groups -OCH3 is 1. The van der Waals surface area contributed by atoms with Crippen molar-refractivity contribution in [3.05, 3.63) is 24.4 Å². The van der Waals surface area contributed by atoms with Gasteiger partial charge in [0.15, 0.2) is 0 Å². The molecule has 0 aliphatic rings. The number of hydrogen-bond acceptors (Lipinski definition) is 6. The molecule has 3 aromatic rings. The molecule has 3 aromatic heterocycles. The van der Waals surface area contributed by atoms with Crippen molar-refractivity contribution in [2.45, 2.75) is 13.0 Å². The number of nitrogen functional groups attached to an aromatic ring is 1. The van der Waals surface area contributed by atoms with E-state index in [1.54, 1.807) is 24.6 Å². The van der Waals surface area contributed by atoms with Gasteiger partial charge in [-0.1, -0.05) is 0 Å². The highest BCUT2D eigenvalue weighted by molar-refractivity contribution is 7.22. The third-order valence-corrected chi connectivity index (χ3v) is 4.44. The molecule has 6 nitrogen and oxygen atoms in total. The van der Waals surface area contributed by atoms with Gasteiger partial charge in [0.2, 0.25) is 0 Å². The molecule has 4 N–H and O–H groups in total. The summed E-state index contributed by atoms with van der Waals surface area (Å²) in [6.45, 7) is 2.73. The van der Waals surface area contributed by atoms with E-state index in [1.807, 2.05) is 25.1 Å². The van der Waals surface area contributed by atoms with Crippen LogP contribution >= 0.6 is 11.3 Å². The van der Waals surface area contributed by atoms with Crippen LogP contribution in [-0.4, -0.2) is 34.9 Å². The fourth-order valence-corrected chi connectivity index (χ4v) is 3.10. The molecule has 1 atom stereocenters. The first-order chi connectivity index (χ1) is 10.2. The third kappa shape index (κ3) is 2.84. The van der Waals surface area contributed by atoms with Crippen LogP contribution in [0.25, 0.3) is 20.8 Å². The molecule has 0 fully saturated rings. The molecular weight excluding hydrogens is 286 g/mol. The highest BCUT2D eigenvalue weighted by Crippen LogP contribution is 2.36. The number of nitrogens with zero attached hydrogens (tertiary/aromatic N) is 2. The van der Waals surface area contributed by atoms with Gasteiger partial charge in [-0.2, -0.15) is 5.10 Å². The van der Waals surface area contributed by atoms with Crippen molar-refractivity contribution < 1.29 is 4.74 Å². The Kier molecular flexibility index (Phi) is 3.76. The van der Waals surface area contributed by atoms with Crippen molar-refractivity contribution in [1.82, 2.24) is 15.2 Å². The molecule has 0 unspecified atom stereocenters. The fourth-order valence-electron chi connectivity index (χ4n) is 2.04. The lowest BCUT2D eigenvalue weighted by Gasteiger charge is -2.12. The Morgan fingerprint density at radius 3 is 3.05 bits per heavy atom. The van der Waals surface area contributed by atoms with E-state index in [9.17, 15) is 0 Å². The number of hydrogen-bond donors (Lipinski definition) is 3. The van der Waals surface area contributed by atoms with Crippen LogP contribution < -0.4 is 11.1 Å². The van der Waals surface area contributed by atoms with Gasteiger partial charge < -0.3 is 15.8 Å². The van der Waals surface area contributed by atoms with Crippen LogP contribution in [0.1, 0.15) is 6.92 Å². The zero-order valence-electron chi connectivity index (χ0n) is 11.9. The number of aromatic amines is 1. The van der Waals surface area contributed by atoms with Crippen LogP contribution in [0, 0.1) is 0 Å². The smallest absolute Gasteiger partial charge is 0.126 e. The first-order valence-corrected chi connectivity index (χ1v) is 7.45. The van der Waals surface area contributed by atoms with Gasteiger partial charge in [0.1, 0.15) is 5.82 Å². The summed E-state index contributed by atoms with van der Waals surface area (Å²) in [5.74, 6) is 0.504. The summed E-state index contributed by atoms with van der Waals surface area (Å²) in [5, 5.41) is 10.3. The maximum Gasteiger partial charge on any atom is 0.126 e. The van der Waals surface area contributed by atoms with Gasteiger partial charge >= 0.3 is 0 Å². The predicted molar refractivity (Wildman–Crippen MR) is 86.6 cm³/mol. The minimum Gasteiger partial charge on any atom is -0.384 e. The molecule has 0 saturated carbocycles. The largest absolute Gasteiger partial charge is 0.384 e. The molecule has 21 heavy (non-hydrogen) atoms. The molecule has 3 rings (SSSR count). The lowest BCUT2D eigenvalue weighted by atomic mass is 10.3. The monoisotopic (exact) mass is 303 g/mol. The number of ether oxygens (including phenoxy) is 1. The standard InChI is InChI=1S/C14H17N5OS/c1-8(20-2)7-16-10-6-13(15)18-11-5-12(21-14(10)11)9-3-4-17-19-9/h3-6,8H,7H2,1-2H3,(H,17,19)(H3,15,16,18)/t8-/m1/s1. The quantitative estimate of drug-likeness (QED) is 0.674. The predicted octanol–water partition coefficient (Wildman–Crippen LogP) is 2.72. The summed E-state index contributed by atoms with van der Waals surface area (Å²) in [6.07, 6.45) is 1.86.